The first kappa shape index (κ1) is 19.2. The standard InChI is InChI=1S/C17H21NO6/c1-10(2)11(3)15(19)18-7-8-24-17(22)13-6-5-12(23-4)9-14(13)16(20)21/h5-6,9-10H,3,7-8H2,1-2,4H3,(H,18,19)(H,20,21). The first-order valence-electron chi connectivity index (χ1n) is 7.33. The molecule has 0 fully saturated rings. The molecule has 0 aliphatic heterocycles. The normalized spacial score (nSPS) is 10.2. The largest absolute Gasteiger partial charge is 0.497 e. The van der Waals surface area contributed by atoms with E-state index in [4.69, 9.17) is 14.6 Å². The maximum Gasteiger partial charge on any atom is 0.339 e. The average Bonchev–Trinajstić information content (AvgIpc) is 2.56. The molecule has 130 valence electrons. The van der Waals surface area contributed by atoms with Gasteiger partial charge in [0.05, 0.1) is 24.8 Å². The Kier molecular flexibility index (Phi) is 6.98. The molecule has 0 radical (unpaired) electrons. The Morgan fingerprint density at radius 2 is 1.92 bits per heavy atom. The van der Waals surface area contributed by atoms with Gasteiger partial charge in [-0.2, -0.15) is 0 Å². The van der Waals surface area contributed by atoms with Gasteiger partial charge in [0.15, 0.2) is 0 Å². The van der Waals surface area contributed by atoms with E-state index in [1.54, 1.807) is 0 Å². The second-order valence-corrected chi connectivity index (χ2v) is 5.29. The van der Waals surface area contributed by atoms with Gasteiger partial charge < -0.3 is 19.9 Å². The van der Waals surface area contributed by atoms with Crippen LogP contribution in [-0.2, 0) is 9.53 Å². The highest BCUT2D eigenvalue weighted by Gasteiger charge is 2.19. The Morgan fingerprint density at radius 3 is 2.46 bits per heavy atom. The summed E-state index contributed by atoms with van der Waals surface area (Å²) >= 11 is 0. The summed E-state index contributed by atoms with van der Waals surface area (Å²) in [7, 11) is 1.40. The molecule has 2 N–H and O–H groups in total. The molecular weight excluding hydrogens is 314 g/mol. The lowest BCUT2D eigenvalue weighted by atomic mass is 10.1. The first-order chi connectivity index (χ1) is 11.3. The van der Waals surface area contributed by atoms with E-state index in [-0.39, 0.29) is 36.1 Å². The summed E-state index contributed by atoms with van der Waals surface area (Å²) in [6.45, 7) is 7.38. The SMILES string of the molecule is C=C(C(=O)NCCOC(=O)c1ccc(OC)cc1C(=O)O)C(C)C. The Hall–Kier alpha value is -2.83. The topological polar surface area (TPSA) is 102 Å². The fourth-order valence-electron chi connectivity index (χ4n) is 1.77. The molecule has 0 unspecified atom stereocenters. The van der Waals surface area contributed by atoms with Crippen LogP contribution in [0.5, 0.6) is 5.75 Å². The monoisotopic (exact) mass is 335 g/mol. The van der Waals surface area contributed by atoms with Crippen molar-refractivity contribution < 1.29 is 29.0 Å². The van der Waals surface area contributed by atoms with Gasteiger partial charge in [-0.15, -0.1) is 0 Å². The molecule has 24 heavy (non-hydrogen) atoms. The third kappa shape index (κ3) is 5.12. The molecule has 1 amide bonds. The third-order valence-corrected chi connectivity index (χ3v) is 3.29. The van der Waals surface area contributed by atoms with Crippen LogP contribution in [0.15, 0.2) is 30.4 Å². The summed E-state index contributed by atoms with van der Waals surface area (Å²) in [5.74, 6) is -2.01. The van der Waals surface area contributed by atoms with Gasteiger partial charge in [0.25, 0.3) is 0 Å². The lowest BCUT2D eigenvalue weighted by molar-refractivity contribution is -0.118. The minimum atomic E-state index is -1.26. The fraction of sp³-hybridized carbons (Fsp3) is 0.353. The van der Waals surface area contributed by atoms with Gasteiger partial charge in [-0.1, -0.05) is 20.4 Å². The van der Waals surface area contributed by atoms with Crippen LogP contribution in [0.3, 0.4) is 0 Å². The number of carboxylic acids is 1. The number of carbonyl (C=O) groups excluding carboxylic acids is 2. The number of methoxy groups -OCH3 is 1. The Balaban J connectivity index is 2.62. The maximum atomic E-state index is 12.0. The lowest BCUT2D eigenvalue weighted by Gasteiger charge is -2.11. The van der Waals surface area contributed by atoms with E-state index >= 15 is 0 Å². The summed E-state index contributed by atoms with van der Waals surface area (Å²) in [4.78, 5) is 34.9. The molecular formula is C17H21NO6. The minimum absolute atomic E-state index is 0.0185. The van der Waals surface area contributed by atoms with E-state index in [0.717, 1.165) is 0 Å². The summed E-state index contributed by atoms with van der Waals surface area (Å²) < 4.78 is 9.93. The summed E-state index contributed by atoms with van der Waals surface area (Å²) in [5, 5.41) is 11.7. The van der Waals surface area contributed by atoms with Crippen LogP contribution < -0.4 is 10.1 Å². The molecule has 0 saturated heterocycles. The van der Waals surface area contributed by atoms with Gasteiger partial charge in [-0.3, -0.25) is 4.79 Å². The van der Waals surface area contributed by atoms with Crippen LogP contribution >= 0.6 is 0 Å². The molecule has 7 heteroatoms. The minimum Gasteiger partial charge on any atom is -0.497 e. The molecule has 0 aromatic heterocycles. The van der Waals surface area contributed by atoms with Gasteiger partial charge in [0.1, 0.15) is 12.4 Å². The molecule has 0 heterocycles. The quantitative estimate of drug-likeness (QED) is 0.427. The number of aromatic carboxylic acids is 1. The third-order valence-electron chi connectivity index (χ3n) is 3.29. The highest BCUT2D eigenvalue weighted by Crippen LogP contribution is 2.18. The van der Waals surface area contributed by atoms with Gasteiger partial charge in [0.2, 0.25) is 5.91 Å². The van der Waals surface area contributed by atoms with Gasteiger partial charge in [-0.25, -0.2) is 9.59 Å². The number of ether oxygens (including phenoxy) is 2. The zero-order valence-electron chi connectivity index (χ0n) is 13.9. The van der Waals surface area contributed by atoms with Crippen molar-refractivity contribution >= 4 is 17.8 Å². The van der Waals surface area contributed by atoms with Crippen molar-refractivity contribution in [2.45, 2.75) is 13.8 Å². The van der Waals surface area contributed by atoms with Crippen molar-refractivity contribution in [3.8, 4) is 5.75 Å². The van der Waals surface area contributed by atoms with E-state index in [9.17, 15) is 14.4 Å². The molecule has 0 atom stereocenters. The summed E-state index contributed by atoms with van der Waals surface area (Å²) in [5.41, 5.74) is 0.141. The second-order valence-electron chi connectivity index (χ2n) is 5.29. The average molecular weight is 335 g/mol. The van der Waals surface area contributed by atoms with Crippen LogP contribution in [0.4, 0.5) is 0 Å². The number of carbonyl (C=O) groups is 3. The Labute approximate surface area is 140 Å². The van der Waals surface area contributed by atoms with E-state index < -0.39 is 11.9 Å². The molecule has 1 aromatic rings. The predicted molar refractivity (Wildman–Crippen MR) is 87.2 cm³/mol. The number of amides is 1. The molecule has 1 rings (SSSR count). The second kappa shape index (κ2) is 8.71. The zero-order valence-corrected chi connectivity index (χ0v) is 13.9. The van der Waals surface area contributed by atoms with Gasteiger partial charge >= 0.3 is 11.9 Å². The van der Waals surface area contributed by atoms with Crippen molar-refractivity contribution in [3.05, 3.63) is 41.5 Å². The fourth-order valence-corrected chi connectivity index (χ4v) is 1.77. The van der Waals surface area contributed by atoms with Crippen molar-refractivity contribution in [2.75, 3.05) is 20.3 Å². The van der Waals surface area contributed by atoms with E-state index in [1.807, 2.05) is 13.8 Å². The van der Waals surface area contributed by atoms with Gasteiger partial charge in [-0.05, 0) is 24.1 Å². The molecule has 0 aliphatic carbocycles. The van der Waals surface area contributed by atoms with E-state index in [2.05, 4.69) is 11.9 Å². The highest BCUT2D eigenvalue weighted by molar-refractivity contribution is 6.02. The van der Waals surface area contributed by atoms with Crippen LogP contribution in [0.25, 0.3) is 0 Å². The molecule has 1 aromatic carbocycles. The zero-order chi connectivity index (χ0) is 18.3. The first-order valence-corrected chi connectivity index (χ1v) is 7.33. The van der Waals surface area contributed by atoms with Gasteiger partial charge in [0, 0.05) is 5.57 Å². The maximum absolute atomic E-state index is 12.0. The smallest absolute Gasteiger partial charge is 0.339 e. The summed E-state index contributed by atoms with van der Waals surface area (Å²) in [6.07, 6.45) is 0. The van der Waals surface area contributed by atoms with Crippen molar-refractivity contribution in [1.82, 2.24) is 5.32 Å². The number of esters is 1. The number of nitrogens with one attached hydrogen (secondary N) is 1. The number of hydrogen-bond donors (Lipinski definition) is 2. The van der Waals surface area contributed by atoms with Crippen LogP contribution in [0.1, 0.15) is 34.6 Å². The lowest BCUT2D eigenvalue weighted by Crippen LogP contribution is -2.30. The van der Waals surface area contributed by atoms with E-state index in [1.165, 1.54) is 25.3 Å². The Morgan fingerprint density at radius 1 is 1.25 bits per heavy atom. The number of benzene rings is 1. The highest BCUT2D eigenvalue weighted by atomic mass is 16.5. The molecule has 0 bridgehead atoms. The number of hydrogen-bond acceptors (Lipinski definition) is 5. The molecule has 0 spiro atoms. The predicted octanol–water partition coefficient (Wildman–Crippen LogP) is 1.88. The van der Waals surface area contributed by atoms with E-state index in [0.29, 0.717) is 11.3 Å². The Bertz CT molecular complexity index is 650. The van der Waals surface area contributed by atoms with Crippen LogP contribution in [0.2, 0.25) is 0 Å². The summed E-state index contributed by atoms with van der Waals surface area (Å²) in [6, 6.07) is 4.04. The van der Waals surface area contributed by atoms with Crippen molar-refractivity contribution in [1.29, 1.82) is 0 Å². The molecule has 7 nitrogen and oxygen atoms in total. The van der Waals surface area contributed by atoms with Crippen molar-refractivity contribution in [3.63, 3.8) is 0 Å². The van der Waals surface area contributed by atoms with Crippen molar-refractivity contribution in [2.24, 2.45) is 5.92 Å². The number of carboxylic acid groups (broad SMARTS) is 1. The van der Waals surface area contributed by atoms with Crippen LogP contribution in [0, 0.1) is 5.92 Å². The van der Waals surface area contributed by atoms with Crippen LogP contribution in [-0.4, -0.2) is 43.2 Å². The number of rotatable bonds is 8. The molecule has 0 saturated carbocycles. The molecule has 0 aliphatic rings.